The molecule has 0 unspecified atom stereocenters. The molecule has 0 amide bonds. The summed E-state index contributed by atoms with van der Waals surface area (Å²) in [5.74, 6) is 0. The zero-order chi connectivity index (χ0) is 11.0. The van der Waals surface area contributed by atoms with E-state index in [0.29, 0.717) is 0 Å². The van der Waals surface area contributed by atoms with Crippen molar-refractivity contribution in [2.24, 2.45) is 4.99 Å². The third kappa shape index (κ3) is 5.09. The van der Waals surface area contributed by atoms with E-state index in [1.54, 1.807) is 12.3 Å². The van der Waals surface area contributed by atoms with Crippen LogP contribution in [-0.2, 0) is 0 Å². The van der Waals surface area contributed by atoms with Crippen LogP contribution >= 0.6 is 0 Å². The fourth-order valence-electron chi connectivity index (χ4n) is 0.693. The highest BCUT2D eigenvalue weighted by molar-refractivity contribution is 5.44. The molecule has 0 spiro atoms. The molecule has 0 fully saturated rings. The zero-order valence-electron chi connectivity index (χ0n) is 8.79. The quantitative estimate of drug-likeness (QED) is 0.442. The first-order valence-electron chi connectivity index (χ1n) is 4.48. The van der Waals surface area contributed by atoms with Crippen LogP contribution in [0.1, 0.15) is 13.3 Å². The Bertz CT molecular complexity index is 303. The second kappa shape index (κ2) is 6.84. The van der Waals surface area contributed by atoms with E-state index < -0.39 is 0 Å². The van der Waals surface area contributed by atoms with Crippen molar-refractivity contribution in [2.45, 2.75) is 13.3 Å². The summed E-state index contributed by atoms with van der Waals surface area (Å²) in [5, 5.41) is 0. The van der Waals surface area contributed by atoms with Crippen molar-refractivity contribution in [3.8, 4) is 0 Å². The Kier molecular flexibility index (Phi) is 6.04. The molecule has 1 heteroatoms. The summed E-state index contributed by atoms with van der Waals surface area (Å²) < 4.78 is 0. The average Bonchev–Trinajstić information content (AvgIpc) is 2.21. The van der Waals surface area contributed by atoms with Gasteiger partial charge in [0.1, 0.15) is 0 Å². The van der Waals surface area contributed by atoms with Gasteiger partial charge in [-0.15, -0.1) is 0 Å². The molecule has 0 radical (unpaired) electrons. The van der Waals surface area contributed by atoms with Crippen LogP contribution in [0.2, 0.25) is 0 Å². The van der Waals surface area contributed by atoms with E-state index in [1.807, 2.05) is 12.2 Å². The topological polar surface area (TPSA) is 12.4 Å². The maximum atomic E-state index is 3.87. The van der Waals surface area contributed by atoms with E-state index in [9.17, 15) is 0 Å². The molecule has 0 aliphatic carbocycles. The summed E-state index contributed by atoms with van der Waals surface area (Å²) >= 11 is 0. The summed E-state index contributed by atoms with van der Waals surface area (Å²) in [6.07, 6.45) is 8.16. The number of rotatable bonds is 6. The molecule has 0 bridgehead atoms. The Morgan fingerprint density at radius 1 is 1.07 bits per heavy atom. The van der Waals surface area contributed by atoms with E-state index in [1.165, 1.54) is 0 Å². The molecule has 0 aliphatic rings. The molecule has 0 heterocycles. The van der Waals surface area contributed by atoms with Crippen molar-refractivity contribution in [3.63, 3.8) is 0 Å². The normalized spacial score (nSPS) is 10.6. The number of nitrogens with zero attached hydrogens (tertiary/aromatic N) is 1. The van der Waals surface area contributed by atoms with Crippen LogP contribution in [0.5, 0.6) is 0 Å². The largest absolute Gasteiger partial charge is 0.272 e. The molecule has 74 valence electrons. The fourth-order valence-corrected chi connectivity index (χ4v) is 0.693. The third-order valence-electron chi connectivity index (χ3n) is 1.77. The van der Waals surface area contributed by atoms with Gasteiger partial charge < -0.3 is 0 Å². The fraction of sp³-hybridized carbons (Fsp3) is 0.154. The summed E-state index contributed by atoms with van der Waals surface area (Å²) in [5.41, 5.74) is 2.77. The molecule has 14 heavy (non-hydrogen) atoms. The molecule has 0 aromatic carbocycles. The number of allylic oxidation sites excluding steroid dienone is 6. The van der Waals surface area contributed by atoms with Crippen LogP contribution in [0.25, 0.3) is 0 Å². The molecular formula is C13H17N. The molecule has 0 aromatic rings. The summed E-state index contributed by atoms with van der Waals surface area (Å²) in [4.78, 5) is 3.60. The Balaban J connectivity index is 4.28. The summed E-state index contributed by atoms with van der Waals surface area (Å²) in [6.45, 7) is 17.0. The monoisotopic (exact) mass is 187 g/mol. The van der Waals surface area contributed by atoms with E-state index in [4.69, 9.17) is 0 Å². The minimum absolute atomic E-state index is 0.831. The van der Waals surface area contributed by atoms with Crippen molar-refractivity contribution >= 4 is 6.72 Å². The molecular weight excluding hydrogens is 170 g/mol. The number of aliphatic imine (C=N–C) groups is 1. The first-order chi connectivity index (χ1) is 6.61. The van der Waals surface area contributed by atoms with Crippen LogP contribution in [0.4, 0.5) is 0 Å². The van der Waals surface area contributed by atoms with Crippen molar-refractivity contribution in [2.75, 3.05) is 0 Å². The predicted octanol–water partition coefficient (Wildman–Crippen LogP) is 3.84. The highest BCUT2D eigenvalue weighted by Gasteiger charge is 1.90. The average molecular weight is 187 g/mol. The predicted molar refractivity (Wildman–Crippen MR) is 65.5 cm³/mol. The van der Waals surface area contributed by atoms with Crippen LogP contribution in [0.15, 0.2) is 65.9 Å². The first-order valence-corrected chi connectivity index (χ1v) is 4.48. The summed E-state index contributed by atoms with van der Waals surface area (Å²) in [6, 6.07) is 0. The van der Waals surface area contributed by atoms with Crippen LogP contribution in [0.3, 0.4) is 0 Å². The van der Waals surface area contributed by atoms with Gasteiger partial charge in [0.05, 0.1) is 0 Å². The van der Waals surface area contributed by atoms with Gasteiger partial charge in [0.15, 0.2) is 0 Å². The van der Waals surface area contributed by atoms with Crippen LogP contribution in [0, 0.1) is 0 Å². The van der Waals surface area contributed by atoms with Gasteiger partial charge in [-0.2, -0.15) is 0 Å². The minimum atomic E-state index is 0.831. The van der Waals surface area contributed by atoms with Crippen LogP contribution in [-0.4, -0.2) is 6.72 Å². The second-order valence-corrected chi connectivity index (χ2v) is 2.89. The molecule has 0 aliphatic heterocycles. The third-order valence-corrected chi connectivity index (χ3v) is 1.77. The van der Waals surface area contributed by atoms with Crippen molar-refractivity contribution in [1.82, 2.24) is 0 Å². The molecule has 0 saturated heterocycles. The number of hydrogen-bond acceptors (Lipinski definition) is 1. The lowest BCUT2D eigenvalue weighted by atomic mass is 10.1. The lowest BCUT2D eigenvalue weighted by Crippen LogP contribution is -1.78. The minimum Gasteiger partial charge on any atom is -0.272 e. The Labute approximate surface area is 86.6 Å². The standard InChI is InChI=1S/C13H17N/c1-6-11(2)7-8-12(3)13(4)9-10-14-5/h7-10H,2-6H2,1H3/b8-7-,10-9-. The van der Waals surface area contributed by atoms with Crippen molar-refractivity contribution in [3.05, 3.63) is 60.9 Å². The van der Waals surface area contributed by atoms with Gasteiger partial charge in [-0.25, -0.2) is 0 Å². The maximum Gasteiger partial charge on any atom is 0.0266 e. The van der Waals surface area contributed by atoms with E-state index >= 15 is 0 Å². The molecule has 0 N–H and O–H groups in total. The highest BCUT2D eigenvalue weighted by Crippen LogP contribution is 2.10. The smallest absolute Gasteiger partial charge is 0.0266 e. The van der Waals surface area contributed by atoms with Gasteiger partial charge in [0.25, 0.3) is 0 Å². The lowest BCUT2D eigenvalue weighted by Gasteiger charge is -1.98. The molecule has 1 nitrogen and oxygen atoms in total. The zero-order valence-corrected chi connectivity index (χ0v) is 8.79. The van der Waals surface area contributed by atoms with Gasteiger partial charge in [-0.1, -0.05) is 44.4 Å². The van der Waals surface area contributed by atoms with Gasteiger partial charge >= 0.3 is 0 Å². The number of hydrogen-bond donors (Lipinski definition) is 0. The van der Waals surface area contributed by atoms with Gasteiger partial charge in [-0.3, -0.25) is 4.99 Å². The molecule has 0 aromatic heterocycles. The van der Waals surface area contributed by atoms with Crippen LogP contribution < -0.4 is 0 Å². The highest BCUT2D eigenvalue weighted by atomic mass is 14.6. The first kappa shape index (κ1) is 12.4. The van der Waals surface area contributed by atoms with Crippen molar-refractivity contribution < 1.29 is 0 Å². The SMILES string of the molecule is C=N/C=C\C(=C)C(=C)/C=C\C(=C)CC. The molecule has 0 saturated carbocycles. The van der Waals surface area contributed by atoms with E-state index in [0.717, 1.165) is 23.1 Å². The maximum absolute atomic E-state index is 3.87. The van der Waals surface area contributed by atoms with Gasteiger partial charge in [0, 0.05) is 6.20 Å². The van der Waals surface area contributed by atoms with Crippen molar-refractivity contribution in [1.29, 1.82) is 0 Å². The summed E-state index contributed by atoms with van der Waals surface area (Å²) in [7, 11) is 0. The second-order valence-electron chi connectivity index (χ2n) is 2.89. The van der Waals surface area contributed by atoms with E-state index in [2.05, 4.69) is 38.4 Å². The molecule has 0 rings (SSSR count). The lowest BCUT2D eigenvalue weighted by molar-refractivity contribution is 1.16. The Hall–Kier alpha value is -1.63. The Morgan fingerprint density at radius 2 is 1.64 bits per heavy atom. The van der Waals surface area contributed by atoms with E-state index in [-0.39, 0.29) is 0 Å². The Morgan fingerprint density at radius 3 is 2.14 bits per heavy atom. The van der Waals surface area contributed by atoms with Gasteiger partial charge in [0.2, 0.25) is 0 Å². The molecule has 0 atom stereocenters. The van der Waals surface area contributed by atoms with Gasteiger partial charge in [-0.05, 0) is 30.4 Å².